The van der Waals surface area contributed by atoms with Gasteiger partial charge in [0.1, 0.15) is 5.69 Å². The van der Waals surface area contributed by atoms with Crippen LogP contribution in [0.2, 0.25) is 0 Å². The average Bonchev–Trinajstić information content (AvgIpc) is 3.31. The third kappa shape index (κ3) is 4.23. The molecule has 1 aliphatic heterocycles. The van der Waals surface area contributed by atoms with Gasteiger partial charge in [0.15, 0.2) is 5.82 Å². The quantitative estimate of drug-likeness (QED) is 0.696. The lowest BCUT2D eigenvalue weighted by molar-refractivity contribution is 0.0986. The number of halogens is 1. The summed E-state index contributed by atoms with van der Waals surface area (Å²) < 4.78 is 6.81. The zero-order chi connectivity index (χ0) is 18.8. The number of piperidine rings is 1. The predicted octanol–water partition coefficient (Wildman–Crippen LogP) is 2.92. The number of amides is 1. The number of nitrogens with one attached hydrogen (secondary N) is 2. The Hall–Kier alpha value is -2.71. The van der Waals surface area contributed by atoms with Gasteiger partial charge in [-0.1, -0.05) is 35.0 Å². The van der Waals surface area contributed by atoms with Crippen molar-refractivity contribution in [1.29, 1.82) is 0 Å². The number of benzene rings is 1. The molecule has 1 aliphatic rings. The molecule has 3 heterocycles. The Morgan fingerprint density at radius 2 is 1.96 bits per heavy atom. The Balaban J connectivity index is 0.00000225. The molecule has 0 atom stereocenters. The molecule has 28 heavy (non-hydrogen) atoms. The molecule has 1 amide bonds. The van der Waals surface area contributed by atoms with E-state index >= 15 is 0 Å². The van der Waals surface area contributed by atoms with Crippen LogP contribution in [-0.2, 0) is 7.05 Å². The number of rotatable bonds is 4. The van der Waals surface area contributed by atoms with Crippen molar-refractivity contribution in [3.63, 3.8) is 0 Å². The third-order valence-electron chi connectivity index (χ3n) is 4.79. The molecule has 1 fully saturated rings. The Labute approximate surface area is 169 Å². The number of aryl methyl sites for hydroxylation is 2. The normalized spacial score (nSPS) is 14.5. The summed E-state index contributed by atoms with van der Waals surface area (Å²) in [4.78, 5) is 17.0. The van der Waals surface area contributed by atoms with Crippen molar-refractivity contribution in [3.05, 3.63) is 47.5 Å². The fourth-order valence-electron chi connectivity index (χ4n) is 3.17. The van der Waals surface area contributed by atoms with E-state index in [1.165, 1.54) is 0 Å². The maximum atomic E-state index is 12.5. The summed E-state index contributed by atoms with van der Waals surface area (Å²) in [6, 6.07) is 9.51. The number of aromatic nitrogens is 4. The summed E-state index contributed by atoms with van der Waals surface area (Å²) in [6.45, 7) is 3.94. The van der Waals surface area contributed by atoms with E-state index in [0.717, 1.165) is 42.9 Å². The SMILES string of the molecule is Cc1ccc(-c2cc(C(=O)Nc3nc(C4CCNCC4)nn3C)on2)cc1.Cl. The maximum absolute atomic E-state index is 12.5. The van der Waals surface area contributed by atoms with Crippen LogP contribution in [0.5, 0.6) is 0 Å². The van der Waals surface area contributed by atoms with Gasteiger partial charge >= 0.3 is 0 Å². The molecule has 0 aliphatic carbocycles. The first-order chi connectivity index (χ1) is 13.1. The number of nitrogens with zero attached hydrogens (tertiary/aromatic N) is 4. The van der Waals surface area contributed by atoms with Crippen LogP contribution < -0.4 is 10.6 Å². The Morgan fingerprint density at radius 1 is 1.25 bits per heavy atom. The molecule has 0 spiro atoms. The summed E-state index contributed by atoms with van der Waals surface area (Å²) >= 11 is 0. The second-order valence-corrected chi connectivity index (χ2v) is 6.84. The lowest BCUT2D eigenvalue weighted by atomic mass is 9.98. The highest BCUT2D eigenvalue weighted by Gasteiger charge is 2.22. The number of anilines is 1. The second-order valence-electron chi connectivity index (χ2n) is 6.84. The lowest BCUT2D eigenvalue weighted by Gasteiger charge is -2.19. The first-order valence-electron chi connectivity index (χ1n) is 9.07. The molecule has 0 bridgehead atoms. The van der Waals surface area contributed by atoms with Gasteiger partial charge in [-0.3, -0.25) is 10.1 Å². The molecule has 2 aromatic heterocycles. The number of hydrogen-bond acceptors (Lipinski definition) is 6. The summed E-state index contributed by atoms with van der Waals surface area (Å²) in [5, 5.41) is 14.5. The van der Waals surface area contributed by atoms with Crippen molar-refractivity contribution in [3.8, 4) is 11.3 Å². The highest BCUT2D eigenvalue weighted by atomic mass is 35.5. The van der Waals surface area contributed by atoms with E-state index in [2.05, 4.69) is 25.9 Å². The highest BCUT2D eigenvalue weighted by molar-refractivity contribution is 6.01. The molecule has 1 saturated heterocycles. The molecular weight excluding hydrogens is 380 g/mol. The van der Waals surface area contributed by atoms with Gasteiger partial charge in [0, 0.05) is 24.6 Å². The van der Waals surface area contributed by atoms with Gasteiger partial charge in [0.25, 0.3) is 5.91 Å². The molecular formula is C19H23ClN6O2. The van der Waals surface area contributed by atoms with E-state index in [0.29, 0.717) is 17.6 Å². The van der Waals surface area contributed by atoms with Crippen LogP contribution in [0.4, 0.5) is 5.95 Å². The summed E-state index contributed by atoms with van der Waals surface area (Å²) in [7, 11) is 1.77. The van der Waals surface area contributed by atoms with Gasteiger partial charge in [-0.2, -0.15) is 10.1 Å². The molecule has 4 rings (SSSR count). The summed E-state index contributed by atoms with van der Waals surface area (Å²) in [5.74, 6) is 1.24. The number of carbonyl (C=O) groups is 1. The molecule has 9 heteroatoms. The minimum atomic E-state index is -0.395. The number of hydrogen-bond donors (Lipinski definition) is 2. The van der Waals surface area contributed by atoms with Crippen molar-refractivity contribution in [2.75, 3.05) is 18.4 Å². The standard InChI is InChI=1S/C19H22N6O2.ClH/c1-12-3-5-13(6-4-12)15-11-16(27-24-15)18(26)22-19-21-17(23-25(19)2)14-7-9-20-10-8-14;/h3-6,11,14,20H,7-10H2,1-2H3,(H,21,22,23,26);1H. The van der Waals surface area contributed by atoms with Gasteiger partial charge in [0.2, 0.25) is 11.7 Å². The second kappa shape index (κ2) is 8.53. The van der Waals surface area contributed by atoms with Crippen LogP contribution in [0.1, 0.15) is 40.7 Å². The van der Waals surface area contributed by atoms with Gasteiger partial charge in [-0.25, -0.2) is 4.68 Å². The van der Waals surface area contributed by atoms with Gasteiger partial charge in [-0.15, -0.1) is 12.4 Å². The van der Waals surface area contributed by atoms with Crippen molar-refractivity contribution < 1.29 is 9.32 Å². The van der Waals surface area contributed by atoms with Gasteiger partial charge in [-0.05, 0) is 32.9 Å². The summed E-state index contributed by atoms with van der Waals surface area (Å²) in [6.07, 6.45) is 2.00. The van der Waals surface area contributed by atoms with Crippen LogP contribution in [0.25, 0.3) is 11.3 Å². The third-order valence-corrected chi connectivity index (χ3v) is 4.79. The monoisotopic (exact) mass is 402 g/mol. The zero-order valence-electron chi connectivity index (χ0n) is 15.8. The highest BCUT2D eigenvalue weighted by Crippen LogP contribution is 2.24. The topological polar surface area (TPSA) is 97.9 Å². The summed E-state index contributed by atoms with van der Waals surface area (Å²) in [5.41, 5.74) is 2.68. The minimum absolute atomic E-state index is 0. The smallest absolute Gasteiger partial charge is 0.296 e. The van der Waals surface area contributed by atoms with Crippen LogP contribution >= 0.6 is 12.4 Å². The predicted molar refractivity (Wildman–Crippen MR) is 108 cm³/mol. The van der Waals surface area contributed by atoms with Crippen LogP contribution in [0, 0.1) is 6.92 Å². The van der Waals surface area contributed by atoms with Crippen molar-refractivity contribution in [2.45, 2.75) is 25.7 Å². The lowest BCUT2D eigenvalue weighted by Crippen LogP contribution is -2.27. The average molecular weight is 403 g/mol. The Bertz CT molecular complexity index is 944. The van der Waals surface area contributed by atoms with Gasteiger partial charge in [0.05, 0.1) is 0 Å². The van der Waals surface area contributed by atoms with E-state index in [9.17, 15) is 4.79 Å². The van der Waals surface area contributed by atoms with E-state index in [1.54, 1.807) is 17.8 Å². The van der Waals surface area contributed by atoms with E-state index in [4.69, 9.17) is 4.52 Å². The van der Waals surface area contributed by atoms with Crippen LogP contribution in [0.15, 0.2) is 34.9 Å². The first-order valence-corrected chi connectivity index (χ1v) is 9.07. The maximum Gasteiger partial charge on any atom is 0.296 e. The molecule has 3 aromatic rings. The molecule has 148 valence electrons. The van der Waals surface area contributed by atoms with Crippen molar-refractivity contribution in [2.24, 2.45) is 7.05 Å². The van der Waals surface area contributed by atoms with Crippen LogP contribution in [0.3, 0.4) is 0 Å². The molecule has 0 unspecified atom stereocenters. The van der Waals surface area contributed by atoms with Crippen molar-refractivity contribution >= 4 is 24.3 Å². The molecule has 0 saturated carbocycles. The van der Waals surface area contributed by atoms with Crippen LogP contribution in [-0.4, -0.2) is 38.9 Å². The fraction of sp³-hybridized carbons (Fsp3) is 0.368. The molecule has 0 radical (unpaired) electrons. The molecule has 8 nitrogen and oxygen atoms in total. The Kier molecular flexibility index (Phi) is 6.11. The van der Waals surface area contributed by atoms with Gasteiger partial charge < -0.3 is 9.84 Å². The largest absolute Gasteiger partial charge is 0.350 e. The molecule has 1 aromatic carbocycles. The zero-order valence-corrected chi connectivity index (χ0v) is 16.6. The van der Waals surface area contributed by atoms with Crippen molar-refractivity contribution in [1.82, 2.24) is 25.2 Å². The fourth-order valence-corrected chi connectivity index (χ4v) is 3.17. The van der Waals surface area contributed by atoms with E-state index in [-0.39, 0.29) is 18.2 Å². The minimum Gasteiger partial charge on any atom is -0.350 e. The number of carbonyl (C=O) groups excluding carboxylic acids is 1. The first kappa shape index (κ1) is 20.0. The van der Waals surface area contributed by atoms with E-state index in [1.807, 2.05) is 31.2 Å². The van der Waals surface area contributed by atoms with E-state index < -0.39 is 5.91 Å². The Morgan fingerprint density at radius 3 is 2.68 bits per heavy atom. The molecule has 2 N–H and O–H groups in total.